The van der Waals surface area contributed by atoms with Gasteiger partial charge in [-0.3, -0.25) is 0 Å². The summed E-state index contributed by atoms with van der Waals surface area (Å²) < 4.78 is 33.3. The molecule has 1 aromatic heterocycles. The summed E-state index contributed by atoms with van der Waals surface area (Å²) >= 11 is 1.68. The SMILES string of the molecule is CCN(C(=O)OCc1ccccc1)C1CCN(CCC(CN(C)S(=O)(=O)c2ccccc2)c2cccs2)CC1. The van der Waals surface area contributed by atoms with Crippen LogP contribution in [0, 0.1) is 0 Å². The van der Waals surface area contributed by atoms with Crippen LogP contribution in [0.4, 0.5) is 4.79 Å². The van der Waals surface area contributed by atoms with Gasteiger partial charge in [-0.2, -0.15) is 0 Å². The quantitative estimate of drug-likeness (QED) is 0.281. The topological polar surface area (TPSA) is 70.2 Å². The summed E-state index contributed by atoms with van der Waals surface area (Å²) in [6.07, 6.45) is 2.43. The summed E-state index contributed by atoms with van der Waals surface area (Å²) in [4.78, 5) is 18.6. The Hall–Kier alpha value is -2.72. The molecular weight excluding hydrogens is 530 g/mol. The number of carbonyl (C=O) groups is 1. The highest BCUT2D eigenvalue weighted by Gasteiger charge is 2.29. The fraction of sp³-hybridized carbons (Fsp3) is 0.433. The predicted octanol–water partition coefficient (Wildman–Crippen LogP) is 5.67. The minimum atomic E-state index is -3.54. The maximum Gasteiger partial charge on any atom is 0.410 e. The van der Waals surface area contributed by atoms with Gasteiger partial charge >= 0.3 is 6.09 Å². The molecule has 0 bridgehead atoms. The molecule has 2 heterocycles. The van der Waals surface area contributed by atoms with Crippen molar-refractivity contribution in [1.82, 2.24) is 14.1 Å². The molecule has 1 amide bonds. The Morgan fingerprint density at radius 3 is 2.31 bits per heavy atom. The number of likely N-dealkylation sites (tertiary alicyclic amines) is 1. The third kappa shape index (κ3) is 7.91. The fourth-order valence-corrected chi connectivity index (χ4v) is 7.25. The Balaban J connectivity index is 1.29. The molecule has 39 heavy (non-hydrogen) atoms. The zero-order valence-electron chi connectivity index (χ0n) is 22.8. The normalized spacial score (nSPS) is 15.8. The lowest BCUT2D eigenvalue weighted by Crippen LogP contribution is -2.47. The Bertz CT molecular complexity index is 1250. The van der Waals surface area contributed by atoms with Gasteiger partial charge in [0, 0.05) is 50.1 Å². The maximum absolute atomic E-state index is 13.1. The van der Waals surface area contributed by atoms with E-state index in [1.807, 2.05) is 54.3 Å². The van der Waals surface area contributed by atoms with Crippen molar-refractivity contribution in [3.05, 3.63) is 88.6 Å². The first-order chi connectivity index (χ1) is 18.9. The number of ether oxygens (including phenoxy) is 1. The van der Waals surface area contributed by atoms with Crippen molar-refractivity contribution in [2.45, 2.75) is 49.6 Å². The zero-order chi connectivity index (χ0) is 27.7. The predicted molar refractivity (Wildman–Crippen MR) is 156 cm³/mol. The van der Waals surface area contributed by atoms with Crippen LogP contribution in [-0.4, -0.2) is 74.4 Å². The highest BCUT2D eigenvalue weighted by Crippen LogP contribution is 2.28. The number of hydrogen-bond acceptors (Lipinski definition) is 6. The molecular formula is C30H39N3O4S2. The number of rotatable bonds is 12. The average molecular weight is 570 g/mol. The maximum atomic E-state index is 13.1. The molecule has 1 atom stereocenters. The van der Waals surface area contributed by atoms with E-state index in [1.165, 1.54) is 9.18 Å². The molecule has 3 aromatic rings. The van der Waals surface area contributed by atoms with E-state index in [0.29, 0.717) is 18.0 Å². The van der Waals surface area contributed by atoms with E-state index in [4.69, 9.17) is 4.74 Å². The molecule has 0 spiro atoms. The first kappa shape index (κ1) is 29.3. The van der Waals surface area contributed by atoms with E-state index < -0.39 is 10.0 Å². The number of sulfonamides is 1. The fourth-order valence-electron chi connectivity index (χ4n) is 5.16. The summed E-state index contributed by atoms with van der Waals surface area (Å²) in [5.74, 6) is 0.117. The van der Waals surface area contributed by atoms with E-state index in [2.05, 4.69) is 16.3 Å². The van der Waals surface area contributed by atoms with Crippen molar-refractivity contribution in [3.63, 3.8) is 0 Å². The van der Waals surface area contributed by atoms with Crippen molar-refractivity contribution in [1.29, 1.82) is 0 Å². The number of amides is 1. The molecule has 7 nitrogen and oxygen atoms in total. The Labute approximate surface area is 237 Å². The first-order valence-electron chi connectivity index (χ1n) is 13.6. The number of thiophene rings is 1. The van der Waals surface area contributed by atoms with Crippen molar-refractivity contribution in [3.8, 4) is 0 Å². The minimum Gasteiger partial charge on any atom is -0.445 e. The summed E-state index contributed by atoms with van der Waals surface area (Å²) in [6.45, 7) is 6.05. The van der Waals surface area contributed by atoms with Gasteiger partial charge in [-0.05, 0) is 61.9 Å². The van der Waals surface area contributed by atoms with Gasteiger partial charge in [-0.1, -0.05) is 54.6 Å². The van der Waals surface area contributed by atoms with Gasteiger partial charge in [0.2, 0.25) is 10.0 Å². The second-order valence-corrected chi connectivity index (χ2v) is 13.0. The summed E-state index contributed by atoms with van der Waals surface area (Å²) in [5.41, 5.74) is 0.985. The summed E-state index contributed by atoms with van der Waals surface area (Å²) in [5, 5.41) is 2.05. The van der Waals surface area contributed by atoms with Gasteiger partial charge in [-0.25, -0.2) is 17.5 Å². The second kappa shape index (κ2) is 14.1. The molecule has 0 saturated carbocycles. The van der Waals surface area contributed by atoms with Crippen LogP contribution in [0.3, 0.4) is 0 Å². The van der Waals surface area contributed by atoms with Crippen LogP contribution in [0.15, 0.2) is 83.1 Å². The lowest BCUT2D eigenvalue weighted by Gasteiger charge is -2.38. The monoisotopic (exact) mass is 569 g/mol. The molecule has 1 aliphatic rings. The number of likely N-dealkylation sites (N-methyl/N-ethyl adjacent to an activating group) is 1. The third-order valence-electron chi connectivity index (χ3n) is 7.45. The Morgan fingerprint density at radius 1 is 1.03 bits per heavy atom. The van der Waals surface area contributed by atoms with Crippen LogP contribution >= 0.6 is 11.3 Å². The third-order valence-corrected chi connectivity index (χ3v) is 10.3. The summed E-state index contributed by atoms with van der Waals surface area (Å²) in [6, 6.07) is 22.7. The molecule has 0 N–H and O–H groups in total. The highest BCUT2D eigenvalue weighted by molar-refractivity contribution is 7.89. The van der Waals surface area contributed by atoms with Gasteiger partial charge in [0.05, 0.1) is 4.90 Å². The molecule has 1 aliphatic heterocycles. The Morgan fingerprint density at radius 2 is 1.69 bits per heavy atom. The highest BCUT2D eigenvalue weighted by atomic mass is 32.2. The van der Waals surface area contributed by atoms with Crippen molar-refractivity contribution < 1.29 is 17.9 Å². The van der Waals surface area contributed by atoms with Crippen molar-refractivity contribution in [2.24, 2.45) is 0 Å². The van der Waals surface area contributed by atoms with Gasteiger partial charge in [0.15, 0.2) is 0 Å². The molecule has 0 radical (unpaired) electrons. The molecule has 2 aromatic carbocycles. The van der Waals surface area contributed by atoms with Crippen molar-refractivity contribution in [2.75, 3.05) is 39.8 Å². The minimum absolute atomic E-state index is 0.117. The summed E-state index contributed by atoms with van der Waals surface area (Å²) in [7, 11) is -1.87. The van der Waals surface area contributed by atoms with E-state index in [1.54, 1.807) is 42.6 Å². The molecule has 1 unspecified atom stereocenters. The smallest absolute Gasteiger partial charge is 0.410 e. The van der Waals surface area contributed by atoms with E-state index in [0.717, 1.165) is 44.5 Å². The van der Waals surface area contributed by atoms with Crippen LogP contribution in [0.5, 0.6) is 0 Å². The second-order valence-electron chi connectivity index (χ2n) is 10.00. The first-order valence-corrected chi connectivity index (χ1v) is 15.9. The standard InChI is InChI=1S/C30H39N3O4S2/c1-3-33(30(34)37-24-25-11-6-4-7-12-25)27-17-20-32(21-18-27)19-16-26(29-15-10-22-38-29)23-31(2)39(35,36)28-13-8-5-9-14-28/h4-15,22,26-27H,3,16-21,23-24H2,1-2H3. The van der Waals surface area contributed by atoms with Gasteiger partial charge in [0.25, 0.3) is 0 Å². The number of piperidine rings is 1. The van der Waals surface area contributed by atoms with E-state index >= 15 is 0 Å². The van der Waals surface area contributed by atoms with Crippen molar-refractivity contribution >= 4 is 27.5 Å². The number of carbonyl (C=O) groups excluding carboxylic acids is 1. The Kier molecular flexibility index (Phi) is 10.6. The van der Waals surface area contributed by atoms with Gasteiger partial charge < -0.3 is 14.5 Å². The number of hydrogen-bond donors (Lipinski definition) is 0. The van der Waals surface area contributed by atoms with Crippen LogP contribution in [0.25, 0.3) is 0 Å². The molecule has 4 rings (SSSR count). The lowest BCUT2D eigenvalue weighted by atomic mass is 10.00. The molecule has 1 saturated heterocycles. The van der Waals surface area contributed by atoms with E-state index in [9.17, 15) is 13.2 Å². The number of nitrogens with zero attached hydrogens (tertiary/aromatic N) is 3. The van der Waals surface area contributed by atoms with Gasteiger partial charge in [0.1, 0.15) is 6.61 Å². The zero-order valence-corrected chi connectivity index (χ0v) is 24.4. The van der Waals surface area contributed by atoms with Crippen LogP contribution in [0.2, 0.25) is 0 Å². The average Bonchev–Trinajstić information content (AvgIpc) is 3.51. The van der Waals surface area contributed by atoms with Crippen LogP contribution in [-0.2, 0) is 21.4 Å². The van der Waals surface area contributed by atoms with Gasteiger partial charge in [-0.15, -0.1) is 11.3 Å². The largest absolute Gasteiger partial charge is 0.445 e. The molecule has 210 valence electrons. The number of benzene rings is 2. The van der Waals surface area contributed by atoms with Crippen LogP contribution < -0.4 is 0 Å². The lowest BCUT2D eigenvalue weighted by molar-refractivity contribution is 0.0626. The van der Waals surface area contributed by atoms with E-state index in [-0.39, 0.29) is 24.7 Å². The molecule has 0 aliphatic carbocycles. The molecule has 1 fully saturated rings. The van der Waals surface area contributed by atoms with Crippen LogP contribution in [0.1, 0.15) is 42.5 Å². The molecule has 9 heteroatoms.